The minimum Gasteiger partial charge on any atom is -0.383 e. The van der Waals surface area contributed by atoms with Crippen LogP contribution in [0.15, 0.2) is 10.9 Å². The minimum absolute atomic E-state index is 0.0316. The van der Waals surface area contributed by atoms with Gasteiger partial charge in [0.15, 0.2) is 0 Å². The van der Waals surface area contributed by atoms with Gasteiger partial charge in [0.2, 0.25) is 0 Å². The van der Waals surface area contributed by atoms with Crippen molar-refractivity contribution < 1.29 is 4.74 Å². The molecule has 0 saturated carbocycles. The Morgan fingerprint density at radius 1 is 1.43 bits per heavy atom. The van der Waals surface area contributed by atoms with Crippen molar-refractivity contribution in [3.8, 4) is 0 Å². The minimum atomic E-state index is -0.0896. The first-order valence-electron chi connectivity index (χ1n) is 7.63. The van der Waals surface area contributed by atoms with Gasteiger partial charge >= 0.3 is 0 Å². The van der Waals surface area contributed by atoms with Crippen LogP contribution in [0.2, 0.25) is 0 Å². The van der Waals surface area contributed by atoms with Crippen molar-refractivity contribution in [1.82, 2.24) is 15.1 Å². The third kappa shape index (κ3) is 5.25. The highest BCUT2D eigenvalue weighted by Crippen LogP contribution is 2.19. The molecule has 120 valence electrons. The Labute approximate surface area is 127 Å². The summed E-state index contributed by atoms with van der Waals surface area (Å²) in [5.74, 6) is 0. The Kier molecular flexibility index (Phi) is 6.55. The van der Waals surface area contributed by atoms with Crippen LogP contribution >= 0.6 is 0 Å². The lowest BCUT2D eigenvalue weighted by Gasteiger charge is -2.20. The molecule has 0 aromatic carbocycles. The summed E-state index contributed by atoms with van der Waals surface area (Å²) in [6.45, 7) is 12.1. The molecule has 1 atom stereocenters. The molecule has 0 aliphatic carbocycles. The van der Waals surface area contributed by atoms with Gasteiger partial charge in [-0.3, -0.25) is 4.79 Å². The van der Waals surface area contributed by atoms with Crippen molar-refractivity contribution in [3.05, 3.63) is 27.7 Å². The van der Waals surface area contributed by atoms with E-state index < -0.39 is 0 Å². The van der Waals surface area contributed by atoms with Crippen molar-refractivity contribution in [3.63, 3.8) is 0 Å². The van der Waals surface area contributed by atoms with Crippen LogP contribution in [-0.4, -0.2) is 29.5 Å². The second-order valence-corrected chi connectivity index (χ2v) is 6.52. The summed E-state index contributed by atoms with van der Waals surface area (Å²) >= 11 is 0. The fraction of sp³-hybridized carbons (Fsp3) is 0.750. The SMILES string of the molecule is CCC(C)NCc1cc(C(C)(C)C)nn(CCOC)c1=O. The number of hydrogen-bond donors (Lipinski definition) is 1. The van der Waals surface area contributed by atoms with Gasteiger partial charge in [-0.15, -0.1) is 0 Å². The molecule has 1 N–H and O–H groups in total. The monoisotopic (exact) mass is 295 g/mol. The second kappa shape index (κ2) is 7.71. The number of ether oxygens (including phenoxy) is 1. The summed E-state index contributed by atoms with van der Waals surface area (Å²) in [5.41, 5.74) is 1.58. The van der Waals surface area contributed by atoms with Gasteiger partial charge in [0.05, 0.1) is 18.8 Å². The molecule has 1 unspecified atom stereocenters. The second-order valence-electron chi connectivity index (χ2n) is 6.52. The average Bonchev–Trinajstić information content (AvgIpc) is 2.43. The number of nitrogens with one attached hydrogen (secondary N) is 1. The van der Waals surface area contributed by atoms with Gasteiger partial charge < -0.3 is 10.1 Å². The summed E-state index contributed by atoms with van der Waals surface area (Å²) in [5, 5.41) is 7.86. The molecular formula is C16H29N3O2. The number of methoxy groups -OCH3 is 1. The molecule has 0 saturated heterocycles. The quantitative estimate of drug-likeness (QED) is 0.837. The van der Waals surface area contributed by atoms with Gasteiger partial charge in [0, 0.05) is 30.7 Å². The zero-order chi connectivity index (χ0) is 16.0. The maximum Gasteiger partial charge on any atom is 0.271 e. The normalized spacial score (nSPS) is 13.4. The van der Waals surface area contributed by atoms with E-state index in [1.165, 1.54) is 4.68 Å². The topological polar surface area (TPSA) is 56.1 Å². The van der Waals surface area contributed by atoms with E-state index in [2.05, 4.69) is 45.0 Å². The maximum atomic E-state index is 12.5. The highest BCUT2D eigenvalue weighted by Gasteiger charge is 2.19. The van der Waals surface area contributed by atoms with E-state index in [1.54, 1.807) is 7.11 Å². The van der Waals surface area contributed by atoms with Crippen molar-refractivity contribution in [2.45, 2.75) is 65.6 Å². The molecule has 1 heterocycles. The first-order valence-corrected chi connectivity index (χ1v) is 7.63. The van der Waals surface area contributed by atoms with E-state index in [-0.39, 0.29) is 11.0 Å². The van der Waals surface area contributed by atoms with Gasteiger partial charge in [-0.25, -0.2) is 4.68 Å². The van der Waals surface area contributed by atoms with Crippen LogP contribution in [0.5, 0.6) is 0 Å². The van der Waals surface area contributed by atoms with Gasteiger partial charge in [0.25, 0.3) is 5.56 Å². The summed E-state index contributed by atoms with van der Waals surface area (Å²) < 4.78 is 6.59. The first kappa shape index (κ1) is 17.9. The predicted molar refractivity (Wildman–Crippen MR) is 85.7 cm³/mol. The number of aromatic nitrogens is 2. The van der Waals surface area contributed by atoms with Gasteiger partial charge in [-0.05, 0) is 19.4 Å². The third-order valence-electron chi connectivity index (χ3n) is 3.58. The van der Waals surface area contributed by atoms with Gasteiger partial charge in [-0.1, -0.05) is 27.7 Å². The van der Waals surface area contributed by atoms with E-state index in [4.69, 9.17) is 4.74 Å². The largest absolute Gasteiger partial charge is 0.383 e. The molecule has 0 aliphatic rings. The Balaban J connectivity index is 3.12. The Morgan fingerprint density at radius 2 is 2.10 bits per heavy atom. The molecule has 0 spiro atoms. The number of nitrogens with zero attached hydrogens (tertiary/aromatic N) is 2. The number of hydrogen-bond acceptors (Lipinski definition) is 4. The number of rotatable bonds is 7. The summed E-state index contributed by atoms with van der Waals surface area (Å²) in [6.07, 6.45) is 1.04. The van der Waals surface area contributed by atoms with E-state index in [0.29, 0.717) is 25.7 Å². The molecule has 0 aliphatic heterocycles. The van der Waals surface area contributed by atoms with Crippen molar-refractivity contribution in [1.29, 1.82) is 0 Å². The fourth-order valence-corrected chi connectivity index (χ4v) is 1.85. The van der Waals surface area contributed by atoms with Crippen LogP contribution in [0.25, 0.3) is 0 Å². The lowest BCUT2D eigenvalue weighted by Crippen LogP contribution is -2.35. The molecule has 5 heteroatoms. The van der Waals surface area contributed by atoms with Crippen LogP contribution < -0.4 is 10.9 Å². The average molecular weight is 295 g/mol. The fourth-order valence-electron chi connectivity index (χ4n) is 1.85. The van der Waals surface area contributed by atoms with Crippen molar-refractivity contribution in [2.75, 3.05) is 13.7 Å². The first-order chi connectivity index (χ1) is 9.79. The Morgan fingerprint density at radius 3 is 2.62 bits per heavy atom. The van der Waals surface area contributed by atoms with Gasteiger partial charge in [-0.2, -0.15) is 5.10 Å². The summed E-state index contributed by atoms with van der Waals surface area (Å²) in [6, 6.07) is 2.32. The Hall–Kier alpha value is -1.20. The smallest absolute Gasteiger partial charge is 0.271 e. The van der Waals surface area contributed by atoms with E-state index in [0.717, 1.165) is 17.7 Å². The van der Waals surface area contributed by atoms with Crippen molar-refractivity contribution in [2.24, 2.45) is 0 Å². The maximum absolute atomic E-state index is 12.5. The van der Waals surface area contributed by atoms with Crippen LogP contribution in [-0.2, 0) is 23.2 Å². The Bertz CT molecular complexity index is 503. The van der Waals surface area contributed by atoms with Crippen LogP contribution in [0.3, 0.4) is 0 Å². The molecule has 5 nitrogen and oxygen atoms in total. The lowest BCUT2D eigenvalue weighted by atomic mass is 9.91. The standard InChI is InChI=1S/C16H29N3O2/c1-7-12(2)17-11-13-10-14(16(3,4)5)18-19(15(13)20)8-9-21-6/h10,12,17H,7-9,11H2,1-6H3. The molecule has 0 fully saturated rings. The zero-order valence-corrected chi connectivity index (χ0v) is 14.2. The molecule has 1 aromatic rings. The van der Waals surface area contributed by atoms with Crippen LogP contribution in [0, 0.1) is 0 Å². The molecule has 0 amide bonds. The van der Waals surface area contributed by atoms with E-state index in [9.17, 15) is 4.79 Å². The zero-order valence-electron chi connectivity index (χ0n) is 14.2. The molecule has 0 radical (unpaired) electrons. The summed E-state index contributed by atoms with van der Waals surface area (Å²) in [7, 11) is 1.63. The highest BCUT2D eigenvalue weighted by atomic mass is 16.5. The molecular weight excluding hydrogens is 266 g/mol. The predicted octanol–water partition coefficient (Wildman–Crippen LogP) is 2.08. The highest BCUT2D eigenvalue weighted by molar-refractivity contribution is 5.19. The lowest BCUT2D eigenvalue weighted by molar-refractivity contribution is 0.181. The van der Waals surface area contributed by atoms with Crippen LogP contribution in [0.4, 0.5) is 0 Å². The van der Waals surface area contributed by atoms with Crippen LogP contribution in [0.1, 0.15) is 52.3 Å². The molecule has 21 heavy (non-hydrogen) atoms. The molecule has 0 bridgehead atoms. The molecule has 1 aromatic heterocycles. The van der Waals surface area contributed by atoms with E-state index in [1.807, 2.05) is 6.07 Å². The van der Waals surface area contributed by atoms with E-state index >= 15 is 0 Å². The molecule has 1 rings (SSSR count). The van der Waals surface area contributed by atoms with Gasteiger partial charge in [0.1, 0.15) is 0 Å². The summed E-state index contributed by atoms with van der Waals surface area (Å²) in [4.78, 5) is 12.5. The van der Waals surface area contributed by atoms with Crippen molar-refractivity contribution >= 4 is 0 Å². The third-order valence-corrected chi connectivity index (χ3v) is 3.58.